The van der Waals surface area contributed by atoms with Crippen LogP contribution in [0.5, 0.6) is 0 Å². The van der Waals surface area contributed by atoms with Crippen LogP contribution in [0.2, 0.25) is 0 Å². The predicted molar refractivity (Wildman–Crippen MR) is 48.1 cm³/mol. The maximum Gasteiger partial charge on any atom is 0.391 e. The fourth-order valence-electron chi connectivity index (χ4n) is 1.60. The second-order valence-corrected chi connectivity index (χ2v) is 3.25. The molecular formula is C10H12N2O+2. The van der Waals surface area contributed by atoms with Crippen LogP contribution in [0.15, 0.2) is 18.3 Å². The minimum absolute atomic E-state index is 0.152. The summed E-state index contributed by atoms with van der Waals surface area (Å²) in [6.45, 7) is 0. The van der Waals surface area contributed by atoms with Gasteiger partial charge in [0.1, 0.15) is 14.1 Å². The molecule has 0 N–H and O–H groups in total. The summed E-state index contributed by atoms with van der Waals surface area (Å²) in [4.78, 5) is 11.4. The molecule has 0 atom stereocenters. The first kappa shape index (κ1) is 8.10. The van der Waals surface area contributed by atoms with Gasteiger partial charge in [0.25, 0.3) is 10.7 Å². The van der Waals surface area contributed by atoms with Crippen molar-refractivity contribution in [1.29, 1.82) is 0 Å². The lowest BCUT2D eigenvalue weighted by Crippen LogP contribution is -2.59. The number of hydrogen-bond donors (Lipinski definition) is 0. The van der Waals surface area contributed by atoms with E-state index in [4.69, 9.17) is 0 Å². The highest BCUT2D eigenvalue weighted by molar-refractivity contribution is 5.82. The van der Waals surface area contributed by atoms with Crippen molar-refractivity contribution in [3.05, 3.63) is 29.0 Å². The molecule has 66 valence electrons. The van der Waals surface area contributed by atoms with Gasteiger partial charge in [-0.3, -0.25) is 0 Å². The smallest absolute Gasteiger partial charge is 0.219 e. The van der Waals surface area contributed by atoms with Crippen molar-refractivity contribution < 1.29 is 9.36 Å². The van der Waals surface area contributed by atoms with Gasteiger partial charge >= 0.3 is 5.91 Å². The summed E-state index contributed by atoms with van der Waals surface area (Å²) in [5, 5.41) is 2.10. The monoisotopic (exact) mass is 176 g/mol. The number of aromatic nitrogens is 1. The molecular weight excluding hydrogens is 164 g/mol. The van der Waals surface area contributed by atoms with Crippen molar-refractivity contribution in [3.8, 4) is 0 Å². The van der Waals surface area contributed by atoms with Crippen molar-refractivity contribution in [3.63, 3.8) is 0 Å². The third-order valence-corrected chi connectivity index (χ3v) is 2.41. The second kappa shape index (κ2) is 2.76. The number of fused-ring (bicyclic) bond motifs is 1. The third kappa shape index (κ3) is 1.16. The summed E-state index contributed by atoms with van der Waals surface area (Å²) in [6, 6.07) is 3.91. The number of aryl methyl sites for hydroxylation is 1. The number of pyridine rings is 1. The Labute approximate surface area is 76.3 Å². The normalized spacial score (nSPS) is 15.2. The van der Waals surface area contributed by atoms with E-state index in [1.807, 2.05) is 43.1 Å². The molecule has 0 fully saturated rings. The molecule has 0 spiro atoms. The van der Waals surface area contributed by atoms with E-state index in [1.54, 1.807) is 4.58 Å². The standard InChI is InChI=1S/C10H12N2O/c1-11-7-3-4-9-8(11)5-6-10(13)12(9)2/h3-5,7H,6H2,1-2H3/q+2. The number of amides is 1. The molecule has 0 saturated heterocycles. The molecule has 1 aromatic rings. The number of nitrogens with zero attached hydrogens (tertiary/aromatic N) is 2. The van der Waals surface area contributed by atoms with Crippen LogP contribution in [-0.2, 0) is 11.8 Å². The summed E-state index contributed by atoms with van der Waals surface area (Å²) >= 11 is 0. The molecule has 0 radical (unpaired) electrons. The van der Waals surface area contributed by atoms with Crippen molar-refractivity contribution >= 4 is 12.0 Å². The molecule has 1 aliphatic heterocycles. The summed E-state index contributed by atoms with van der Waals surface area (Å²) in [5.74, 6) is 0.152. The van der Waals surface area contributed by atoms with Gasteiger partial charge in [-0.2, -0.15) is 9.14 Å². The van der Waals surface area contributed by atoms with Gasteiger partial charge in [-0.25, -0.2) is 4.79 Å². The zero-order chi connectivity index (χ0) is 9.42. The van der Waals surface area contributed by atoms with Gasteiger partial charge in [0, 0.05) is 18.2 Å². The number of carbonyl (C=O) groups is 1. The van der Waals surface area contributed by atoms with E-state index in [0.29, 0.717) is 6.42 Å². The van der Waals surface area contributed by atoms with Gasteiger partial charge < -0.3 is 0 Å². The molecule has 0 aliphatic carbocycles. The Morgan fingerprint density at radius 1 is 1.38 bits per heavy atom. The Balaban J connectivity index is 2.96. The third-order valence-electron chi connectivity index (χ3n) is 2.41. The van der Waals surface area contributed by atoms with E-state index >= 15 is 0 Å². The first-order chi connectivity index (χ1) is 6.20. The average Bonchev–Trinajstić information content (AvgIpc) is 2.12. The fourth-order valence-corrected chi connectivity index (χ4v) is 1.60. The molecule has 2 heterocycles. The Kier molecular flexibility index (Phi) is 1.72. The highest BCUT2D eigenvalue weighted by Gasteiger charge is 2.20. The molecule has 0 bridgehead atoms. The van der Waals surface area contributed by atoms with Crippen LogP contribution in [0.25, 0.3) is 6.08 Å². The first-order valence-electron chi connectivity index (χ1n) is 4.28. The first-order valence-corrected chi connectivity index (χ1v) is 4.28. The van der Waals surface area contributed by atoms with E-state index in [9.17, 15) is 4.79 Å². The lowest BCUT2D eigenvalue weighted by Gasteiger charge is -1.97. The molecule has 13 heavy (non-hydrogen) atoms. The van der Waals surface area contributed by atoms with Gasteiger partial charge in [-0.05, 0) is 0 Å². The lowest BCUT2D eigenvalue weighted by molar-refractivity contribution is -0.685. The van der Waals surface area contributed by atoms with Crippen molar-refractivity contribution in [2.24, 2.45) is 7.05 Å². The quantitative estimate of drug-likeness (QED) is 0.434. The van der Waals surface area contributed by atoms with Crippen LogP contribution in [0.3, 0.4) is 0 Å². The highest BCUT2D eigenvalue weighted by atomic mass is 16.2. The predicted octanol–water partition coefficient (Wildman–Crippen LogP) is -1.66. The van der Waals surface area contributed by atoms with E-state index < -0.39 is 0 Å². The van der Waals surface area contributed by atoms with Crippen LogP contribution in [0.4, 0.5) is 0 Å². The van der Waals surface area contributed by atoms with E-state index in [0.717, 1.165) is 10.7 Å². The topological polar surface area (TPSA) is 24.0 Å². The Morgan fingerprint density at radius 2 is 2.15 bits per heavy atom. The van der Waals surface area contributed by atoms with Crippen molar-refractivity contribution in [2.45, 2.75) is 6.42 Å². The summed E-state index contributed by atoms with van der Waals surface area (Å²) < 4.78 is 3.73. The van der Waals surface area contributed by atoms with Crippen molar-refractivity contribution in [2.75, 3.05) is 7.05 Å². The van der Waals surface area contributed by atoms with Crippen LogP contribution in [0.1, 0.15) is 6.42 Å². The van der Waals surface area contributed by atoms with Gasteiger partial charge in [0.05, 0.1) is 6.42 Å². The van der Waals surface area contributed by atoms with Crippen LogP contribution < -0.4 is 19.8 Å². The van der Waals surface area contributed by atoms with Crippen LogP contribution in [-0.4, -0.2) is 13.0 Å². The number of rotatable bonds is 0. The SMILES string of the molecule is C[N+]1=c2ccc[n+](C)c2=CCC1=O. The average molecular weight is 176 g/mol. The summed E-state index contributed by atoms with van der Waals surface area (Å²) in [7, 11) is 3.80. The molecule has 1 amide bonds. The fraction of sp³-hybridized carbons (Fsp3) is 0.300. The maximum atomic E-state index is 11.4. The molecule has 0 aromatic carbocycles. The van der Waals surface area contributed by atoms with Gasteiger partial charge in [-0.1, -0.05) is 0 Å². The molecule has 3 nitrogen and oxygen atoms in total. The van der Waals surface area contributed by atoms with Gasteiger partial charge in [-0.15, -0.1) is 0 Å². The lowest BCUT2D eigenvalue weighted by atomic mass is 10.2. The van der Waals surface area contributed by atoms with Gasteiger partial charge in [0.2, 0.25) is 0 Å². The van der Waals surface area contributed by atoms with Crippen LogP contribution >= 0.6 is 0 Å². The highest BCUT2D eigenvalue weighted by Crippen LogP contribution is 1.84. The zero-order valence-corrected chi connectivity index (χ0v) is 7.82. The largest absolute Gasteiger partial charge is 0.391 e. The van der Waals surface area contributed by atoms with E-state index in [2.05, 4.69) is 0 Å². The van der Waals surface area contributed by atoms with Crippen LogP contribution in [0, 0.1) is 0 Å². The Bertz CT molecular complexity index is 488. The number of carbonyl (C=O) groups excluding carboxylic acids is 1. The minimum atomic E-state index is 0.152. The molecule has 2 rings (SSSR count). The molecule has 3 heteroatoms. The minimum Gasteiger partial charge on any atom is -0.219 e. The number of hydrogen-bond acceptors (Lipinski definition) is 1. The Morgan fingerprint density at radius 3 is 2.92 bits per heavy atom. The zero-order valence-electron chi connectivity index (χ0n) is 7.82. The Hall–Kier alpha value is -1.51. The van der Waals surface area contributed by atoms with Crippen molar-refractivity contribution in [1.82, 2.24) is 4.58 Å². The molecule has 1 aromatic heterocycles. The molecule has 0 unspecified atom stereocenters. The summed E-state index contributed by atoms with van der Waals surface area (Å²) in [5.41, 5.74) is 0. The van der Waals surface area contributed by atoms with Gasteiger partial charge in [0.15, 0.2) is 6.20 Å². The van der Waals surface area contributed by atoms with E-state index in [1.165, 1.54) is 0 Å². The molecule has 0 saturated carbocycles. The molecule has 1 aliphatic rings. The maximum absolute atomic E-state index is 11.4. The second-order valence-electron chi connectivity index (χ2n) is 3.25. The van der Waals surface area contributed by atoms with E-state index in [-0.39, 0.29) is 5.91 Å². The summed E-state index contributed by atoms with van der Waals surface area (Å²) in [6.07, 6.45) is 4.46.